The summed E-state index contributed by atoms with van der Waals surface area (Å²) in [5.41, 5.74) is 2.36. The molecule has 113 valence electrons. The quantitative estimate of drug-likeness (QED) is 0.451. The number of halogens is 2. The van der Waals surface area contributed by atoms with Gasteiger partial charge in [0.1, 0.15) is 0 Å². The Morgan fingerprint density at radius 3 is 2.24 bits per heavy atom. The average Bonchev–Trinajstić information content (AvgIpc) is 2.81. The van der Waals surface area contributed by atoms with Crippen molar-refractivity contribution in [1.29, 1.82) is 0 Å². The molecule has 0 bridgehead atoms. The third-order valence-electron chi connectivity index (χ3n) is 2.83. The summed E-state index contributed by atoms with van der Waals surface area (Å²) in [6.07, 6.45) is 9.58. The van der Waals surface area contributed by atoms with Gasteiger partial charge in [-0.2, -0.15) is 11.6 Å². The van der Waals surface area contributed by atoms with Gasteiger partial charge >= 0.3 is 21.7 Å². The first-order valence-electron chi connectivity index (χ1n) is 6.53. The molecule has 1 aliphatic rings. The normalized spacial score (nSPS) is 14.3. The van der Waals surface area contributed by atoms with Gasteiger partial charge in [-0.3, -0.25) is 6.08 Å². The minimum absolute atomic E-state index is 0. The van der Waals surface area contributed by atoms with Crippen molar-refractivity contribution in [2.45, 2.75) is 45.3 Å². The molecule has 4 heteroatoms. The van der Waals surface area contributed by atoms with Gasteiger partial charge in [-0.25, -0.2) is 6.08 Å². The Kier molecular flexibility index (Phi) is 11.8. The van der Waals surface area contributed by atoms with E-state index in [9.17, 15) is 0 Å². The molecule has 21 heavy (non-hydrogen) atoms. The van der Waals surface area contributed by atoms with E-state index in [0.717, 1.165) is 12.8 Å². The van der Waals surface area contributed by atoms with Crippen LogP contribution < -0.4 is 24.8 Å². The fourth-order valence-electron chi connectivity index (χ4n) is 2.11. The second-order valence-electron chi connectivity index (χ2n) is 5.65. The third-order valence-corrected chi connectivity index (χ3v) is 2.83. The van der Waals surface area contributed by atoms with Crippen LogP contribution in [-0.2, 0) is 32.9 Å². The molecule has 1 radical (unpaired) electrons. The molecule has 1 aromatic rings. The number of rotatable bonds is 4. The second kappa shape index (κ2) is 10.6. The number of hydrogen-bond donors (Lipinski definition) is 0. The van der Waals surface area contributed by atoms with Crippen molar-refractivity contribution in [3.63, 3.8) is 0 Å². The zero-order valence-corrected chi connectivity index (χ0v) is 15.8. The largest absolute Gasteiger partial charge is 3.00 e. The van der Waals surface area contributed by atoms with Crippen LogP contribution in [0.4, 0.5) is 0 Å². The maximum absolute atomic E-state index is 6.17. The number of allylic oxidation sites excluding steroid dienone is 2. The average molecular weight is 360 g/mol. The van der Waals surface area contributed by atoms with Crippen LogP contribution in [0.15, 0.2) is 48.1 Å². The van der Waals surface area contributed by atoms with Crippen LogP contribution in [0.5, 0.6) is 0 Å². The Balaban J connectivity index is 0. The topological polar surface area (TPSA) is 9.23 Å². The predicted molar refractivity (Wildman–Crippen MR) is 75.3 cm³/mol. The summed E-state index contributed by atoms with van der Waals surface area (Å²) in [5, 5.41) is 0. The summed E-state index contributed by atoms with van der Waals surface area (Å²) in [6.45, 7) is 6.30. The molecule has 0 spiro atoms. The molecule has 2 rings (SSSR count). The Morgan fingerprint density at radius 2 is 1.76 bits per heavy atom. The molecule has 1 atom stereocenters. The fraction of sp³-hybridized carbons (Fsp3) is 0.412. The van der Waals surface area contributed by atoms with Crippen LogP contribution in [0.3, 0.4) is 0 Å². The Bertz CT molecular complexity index is 450. The van der Waals surface area contributed by atoms with Gasteiger partial charge in [0.2, 0.25) is 0 Å². The number of ether oxygens (including phenoxy) is 1. The standard InChI is InChI=1S/C17H21O.2ClH.Ti/c1-17(2,3)18-16(15-11-7-8-12-15)13-14-9-5-4-6-10-14;;;/h4-7,9-11,16H,8,13H2,1-3H3;2*1H;/q-1;;;+3/p-2. The van der Waals surface area contributed by atoms with E-state index < -0.39 is 0 Å². The SMILES string of the molecule is CC(C)(C)OC(Cc1ccccc1)C1=[C-]CC=C1.[Cl-].[Cl-].[Ti+3]. The van der Waals surface area contributed by atoms with Crippen molar-refractivity contribution in [3.05, 3.63) is 59.7 Å². The van der Waals surface area contributed by atoms with Crippen LogP contribution in [0.25, 0.3) is 0 Å². The van der Waals surface area contributed by atoms with Gasteiger partial charge in [-0.15, -0.1) is 6.42 Å². The van der Waals surface area contributed by atoms with Crippen molar-refractivity contribution >= 4 is 0 Å². The smallest absolute Gasteiger partial charge is 1.00 e. The van der Waals surface area contributed by atoms with Gasteiger partial charge in [0.15, 0.2) is 0 Å². The number of benzene rings is 1. The molecule has 1 unspecified atom stereocenters. The molecule has 1 aromatic carbocycles. The Hall–Kier alpha value is -0.0457. The van der Waals surface area contributed by atoms with Gasteiger partial charge < -0.3 is 29.6 Å². The van der Waals surface area contributed by atoms with Crippen molar-refractivity contribution in [1.82, 2.24) is 0 Å². The summed E-state index contributed by atoms with van der Waals surface area (Å²) in [4.78, 5) is 0. The molecule has 1 aliphatic carbocycles. The van der Waals surface area contributed by atoms with Gasteiger partial charge in [0, 0.05) is 0 Å². The molecule has 0 heterocycles. The van der Waals surface area contributed by atoms with E-state index in [1.807, 2.05) is 6.07 Å². The summed E-state index contributed by atoms with van der Waals surface area (Å²) in [6, 6.07) is 10.5. The van der Waals surface area contributed by atoms with E-state index in [4.69, 9.17) is 4.74 Å². The summed E-state index contributed by atoms with van der Waals surface area (Å²) >= 11 is 0. The maximum atomic E-state index is 6.17. The third kappa shape index (κ3) is 8.23. The van der Waals surface area contributed by atoms with Crippen molar-refractivity contribution in [3.8, 4) is 0 Å². The van der Waals surface area contributed by atoms with Gasteiger partial charge in [-0.1, -0.05) is 30.3 Å². The van der Waals surface area contributed by atoms with E-state index in [1.54, 1.807) is 0 Å². The molecular formula is C17H21Cl2OTi. The zero-order chi connectivity index (χ0) is 13.0. The molecule has 0 fully saturated rings. The molecule has 0 saturated carbocycles. The summed E-state index contributed by atoms with van der Waals surface area (Å²) in [7, 11) is 0. The van der Waals surface area contributed by atoms with Crippen molar-refractivity contribution < 1.29 is 51.3 Å². The minimum Gasteiger partial charge on any atom is -1.00 e. The molecule has 0 aromatic heterocycles. The Morgan fingerprint density at radius 1 is 1.14 bits per heavy atom. The molecule has 0 aliphatic heterocycles. The first-order chi connectivity index (χ1) is 8.54. The van der Waals surface area contributed by atoms with Gasteiger partial charge in [0.25, 0.3) is 0 Å². The van der Waals surface area contributed by atoms with Crippen LogP contribution in [0, 0.1) is 6.08 Å². The molecular weight excluding hydrogens is 339 g/mol. The number of hydrogen-bond acceptors (Lipinski definition) is 1. The zero-order valence-electron chi connectivity index (χ0n) is 12.7. The van der Waals surface area contributed by atoms with Crippen LogP contribution in [0.1, 0.15) is 32.8 Å². The van der Waals surface area contributed by atoms with E-state index in [1.165, 1.54) is 11.1 Å². The predicted octanol–water partition coefficient (Wildman–Crippen LogP) is -1.89. The Labute approximate surface area is 155 Å². The first kappa shape index (κ1) is 23.2. The van der Waals surface area contributed by atoms with Gasteiger partial charge in [-0.05, 0) is 32.8 Å². The van der Waals surface area contributed by atoms with Crippen molar-refractivity contribution in [2.24, 2.45) is 0 Å². The van der Waals surface area contributed by atoms with Crippen molar-refractivity contribution in [2.75, 3.05) is 0 Å². The van der Waals surface area contributed by atoms with E-state index >= 15 is 0 Å². The fourth-order valence-corrected chi connectivity index (χ4v) is 2.11. The van der Waals surface area contributed by atoms with Crippen LogP contribution in [-0.4, -0.2) is 11.7 Å². The first-order valence-corrected chi connectivity index (χ1v) is 6.53. The van der Waals surface area contributed by atoms with E-state index in [2.05, 4.69) is 63.3 Å². The maximum Gasteiger partial charge on any atom is 3.00 e. The van der Waals surface area contributed by atoms with E-state index in [0.29, 0.717) is 0 Å². The minimum atomic E-state index is -0.134. The molecule has 0 amide bonds. The molecule has 1 nitrogen and oxygen atoms in total. The molecule has 0 N–H and O–H groups in total. The second-order valence-corrected chi connectivity index (χ2v) is 5.65. The van der Waals surface area contributed by atoms with Crippen LogP contribution >= 0.6 is 0 Å². The summed E-state index contributed by atoms with van der Waals surface area (Å²) < 4.78 is 6.17. The van der Waals surface area contributed by atoms with Gasteiger partial charge in [0.05, 0.1) is 11.7 Å². The van der Waals surface area contributed by atoms with E-state index in [-0.39, 0.29) is 58.2 Å². The summed E-state index contributed by atoms with van der Waals surface area (Å²) in [5.74, 6) is 0. The monoisotopic (exact) mass is 359 g/mol. The molecule has 0 saturated heterocycles. The van der Waals surface area contributed by atoms with Crippen LogP contribution in [0.2, 0.25) is 0 Å².